The topological polar surface area (TPSA) is 30.9 Å². The minimum Gasteiger partial charge on any atom is -0.351 e. The van der Waals surface area contributed by atoms with E-state index in [1.807, 2.05) is 36.0 Å². The minimum atomic E-state index is 0.490. The number of rotatable bonds is 1. The molecule has 0 amide bonds. The van der Waals surface area contributed by atoms with Gasteiger partial charge >= 0.3 is 0 Å². The molecule has 68 valence electrons. The molecule has 1 heterocycles. The maximum absolute atomic E-state index is 6.16. The van der Waals surface area contributed by atoms with E-state index in [2.05, 4.69) is 0 Å². The van der Waals surface area contributed by atoms with E-state index in [4.69, 9.17) is 17.3 Å². The highest BCUT2D eigenvalue weighted by Crippen LogP contribution is 2.27. The van der Waals surface area contributed by atoms with E-state index in [9.17, 15) is 0 Å². The summed E-state index contributed by atoms with van der Waals surface area (Å²) < 4.78 is 2.04. The molecule has 0 aliphatic carbocycles. The van der Waals surface area contributed by atoms with Crippen LogP contribution in [-0.2, 0) is 13.6 Å². The molecule has 1 aromatic heterocycles. The van der Waals surface area contributed by atoms with E-state index in [1.165, 1.54) is 0 Å². The van der Waals surface area contributed by atoms with Crippen molar-refractivity contribution in [2.24, 2.45) is 12.8 Å². The Bertz CT molecular complexity index is 445. The van der Waals surface area contributed by atoms with Crippen LogP contribution in [0.2, 0.25) is 5.02 Å². The number of nitrogens with two attached hydrogens (primary N) is 1. The van der Waals surface area contributed by atoms with Crippen molar-refractivity contribution in [1.82, 2.24) is 4.57 Å². The predicted octanol–water partition coefficient (Wildman–Crippen LogP) is 2.29. The second-order valence-electron chi connectivity index (χ2n) is 3.10. The Kier molecular flexibility index (Phi) is 2.02. The summed E-state index contributed by atoms with van der Waals surface area (Å²) >= 11 is 6.16. The minimum absolute atomic E-state index is 0.490. The van der Waals surface area contributed by atoms with Crippen LogP contribution in [0, 0.1) is 0 Å². The molecule has 0 aliphatic heterocycles. The lowest BCUT2D eigenvalue weighted by atomic mass is 10.1. The van der Waals surface area contributed by atoms with E-state index in [-0.39, 0.29) is 0 Å². The van der Waals surface area contributed by atoms with Crippen LogP contribution in [0.25, 0.3) is 10.9 Å². The summed E-state index contributed by atoms with van der Waals surface area (Å²) in [4.78, 5) is 0. The zero-order valence-corrected chi connectivity index (χ0v) is 8.17. The molecule has 2 rings (SSSR count). The largest absolute Gasteiger partial charge is 0.351 e. The zero-order chi connectivity index (χ0) is 9.42. The fourth-order valence-electron chi connectivity index (χ4n) is 1.52. The lowest BCUT2D eigenvalue weighted by Gasteiger charge is -2.03. The predicted molar refractivity (Wildman–Crippen MR) is 55.8 cm³/mol. The highest BCUT2D eigenvalue weighted by Gasteiger charge is 2.05. The van der Waals surface area contributed by atoms with E-state index in [0.717, 1.165) is 21.5 Å². The second-order valence-corrected chi connectivity index (χ2v) is 3.48. The SMILES string of the molecule is Cn1ccc2c(Cl)c(CN)ccc21. The van der Waals surface area contributed by atoms with Crippen molar-refractivity contribution in [3.8, 4) is 0 Å². The van der Waals surface area contributed by atoms with Gasteiger partial charge in [0.15, 0.2) is 0 Å². The van der Waals surface area contributed by atoms with Crippen LogP contribution in [0.1, 0.15) is 5.56 Å². The third-order valence-corrected chi connectivity index (χ3v) is 2.75. The van der Waals surface area contributed by atoms with Crippen molar-refractivity contribution in [2.75, 3.05) is 0 Å². The molecule has 0 bridgehead atoms. The van der Waals surface area contributed by atoms with Crippen molar-refractivity contribution in [2.45, 2.75) is 6.54 Å². The molecule has 2 aromatic rings. The van der Waals surface area contributed by atoms with Gasteiger partial charge in [0.2, 0.25) is 0 Å². The summed E-state index contributed by atoms with van der Waals surface area (Å²) in [5.41, 5.74) is 7.70. The van der Waals surface area contributed by atoms with E-state index >= 15 is 0 Å². The first-order chi connectivity index (χ1) is 6.24. The Morgan fingerprint density at radius 2 is 2.15 bits per heavy atom. The quantitative estimate of drug-likeness (QED) is 0.742. The maximum atomic E-state index is 6.16. The van der Waals surface area contributed by atoms with Gasteiger partial charge in [-0.3, -0.25) is 0 Å². The van der Waals surface area contributed by atoms with Crippen LogP contribution in [0.15, 0.2) is 24.4 Å². The normalized spacial score (nSPS) is 11.0. The molecule has 0 unspecified atom stereocenters. The average Bonchev–Trinajstić information content (AvgIpc) is 2.50. The number of hydrogen-bond acceptors (Lipinski definition) is 1. The molecule has 0 aliphatic rings. The second kappa shape index (κ2) is 3.05. The third kappa shape index (κ3) is 1.23. The van der Waals surface area contributed by atoms with Crippen LogP contribution >= 0.6 is 11.6 Å². The molecule has 2 nitrogen and oxygen atoms in total. The molecule has 3 heteroatoms. The highest BCUT2D eigenvalue weighted by atomic mass is 35.5. The lowest BCUT2D eigenvalue weighted by molar-refractivity contribution is 0.968. The number of aromatic nitrogens is 1. The van der Waals surface area contributed by atoms with Crippen molar-refractivity contribution in [3.63, 3.8) is 0 Å². The summed E-state index contributed by atoms with van der Waals surface area (Å²) in [7, 11) is 2.00. The third-order valence-electron chi connectivity index (χ3n) is 2.30. The number of halogens is 1. The number of hydrogen-bond donors (Lipinski definition) is 1. The first kappa shape index (κ1) is 8.60. The zero-order valence-electron chi connectivity index (χ0n) is 7.42. The summed E-state index contributed by atoms with van der Waals surface area (Å²) in [6.45, 7) is 0.490. The molecular weight excluding hydrogens is 184 g/mol. The fraction of sp³-hybridized carbons (Fsp3) is 0.200. The van der Waals surface area contributed by atoms with Gasteiger partial charge in [-0.2, -0.15) is 0 Å². The average molecular weight is 195 g/mol. The Labute approximate surface area is 81.9 Å². The fourth-order valence-corrected chi connectivity index (χ4v) is 1.82. The summed E-state index contributed by atoms with van der Waals surface area (Å²) in [6, 6.07) is 6.03. The highest BCUT2D eigenvalue weighted by molar-refractivity contribution is 6.36. The first-order valence-corrected chi connectivity index (χ1v) is 4.54. The Balaban J connectivity index is 2.80. The van der Waals surface area contributed by atoms with Gasteiger partial charge in [-0.1, -0.05) is 17.7 Å². The smallest absolute Gasteiger partial charge is 0.0544 e. The van der Waals surface area contributed by atoms with Gasteiger partial charge < -0.3 is 10.3 Å². The maximum Gasteiger partial charge on any atom is 0.0544 e. The molecule has 1 aromatic carbocycles. The van der Waals surface area contributed by atoms with Crippen LogP contribution in [-0.4, -0.2) is 4.57 Å². The number of aryl methyl sites for hydroxylation is 1. The van der Waals surface area contributed by atoms with Gasteiger partial charge in [-0.05, 0) is 17.7 Å². The van der Waals surface area contributed by atoms with Crippen LogP contribution < -0.4 is 5.73 Å². The van der Waals surface area contributed by atoms with Crippen molar-refractivity contribution >= 4 is 22.5 Å². The molecular formula is C10H11ClN2. The molecule has 0 radical (unpaired) electrons. The van der Waals surface area contributed by atoms with Gasteiger partial charge in [0.05, 0.1) is 5.02 Å². The number of benzene rings is 1. The van der Waals surface area contributed by atoms with Crippen molar-refractivity contribution in [3.05, 3.63) is 35.0 Å². The van der Waals surface area contributed by atoms with Gasteiger partial charge in [0.1, 0.15) is 0 Å². The molecule has 0 atom stereocenters. The molecule has 0 fully saturated rings. The van der Waals surface area contributed by atoms with Crippen LogP contribution in [0.3, 0.4) is 0 Å². The Morgan fingerprint density at radius 3 is 2.85 bits per heavy atom. The molecule has 13 heavy (non-hydrogen) atoms. The van der Waals surface area contributed by atoms with Gasteiger partial charge in [-0.15, -0.1) is 0 Å². The van der Waals surface area contributed by atoms with E-state index < -0.39 is 0 Å². The van der Waals surface area contributed by atoms with E-state index in [0.29, 0.717) is 6.54 Å². The van der Waals surface area contributed by atoms with Gasteiger partial charge in [0, 0.05) is 30.7 Å². The van der Waals surface area contributed by atoms with Gasteiger partial charge in [0.25, 0.3) is 0 Å². The molecule has 0 saturated heterocycles. The number of nitrogens with zero attached hydrogens (tertiary/aromatic N) is 1. The summed E-state index contributed by atoms with van der Waals surface area (Å²) in [5.74, 6) is 0. The van der Waals surface area contributed by atoms with E-state index in [1.54, 1.807) is 0 Å². The standard InChI is InChI=1S/C10H11ClN2/c1-13-5-4-8-9(13)3-2-7(6-12)10(8)11/h2-5H,6,12H2,1H3. The first-order valence-electron chi connectivity index (χ1n) is 4.16. The molecule has 0 spiro atoms. The Hall–Kier alpha value is -0.990. The monoisotopic (exact) mass is 194 g/mol. The Morgan fingerprint density at radius 1 is 1.38 bits per heavy atom. The number of fused-ring (bicyclic) bond motifs is 1. The lowest BCUT2D eigenvalue weighted by Crippen LogP contribution is -1.97. The van der Waals surface area contributed by atoms with Crippen molar-refractivity contribution in [1.29, 1.82) is 0 Å². The summed E-state index contributed by atoms with van der Waals surface area (Å²) in [6.07, 6.45) is 2.00. The molecule has 2 N–H and O–H groups in total. The summed E-state index contributed by atoms with van der Waals surface area (Å²) in [5, 5.41) is 1.85. The van der Waals surface area contributed by atoms with Crippen molar-refractivity contribution < 1.29 is 0 Å². The molecule has 0 saturated carbocycles. The van der Waals surface area contributed by atoms with Crippen LogP contribution in [0.5, 0.6) is 0 Å². The van der Waals surface area contributed by atoms with Gasteiger partial charge in [-0.25, -0.2) is 0 Å². The van der Waals surface area contributed by atoms with Crippen LogP contribution in [0.4, 0.5) is 0 Å².